The lowest BCUT2D eigenvalue weighted by Crippen LogP contribution is -2.08. The fourth-order valence-electron chi connectivity index (χ4n) is 1.52. The number of benzene rings is 1. The van der Waals surface area contributed by atoms with Gasteiger partial charge in [-0.1, -0.05) is 11.6 Å². The highest BCUT2D eigenvalue weighted by Gasteiger charge is 2.16. The molecule has 0 aliphatic carbocycles. The molecular weight excluding hydrogens is 212 g/mol. The van der Waals surface area contributed by atoms with Crippen LogP contribution in [0.15, 0.2) is 28.9 Å². The molecule has 0 atom stereocenters. The lowest BCUT2D eigenvalue weighted by molar-refractivity contribution is 0.414. The zero-order chi connectivity index (χ0) is 10.8. The van der Waals surface area contributed by atoms with Gasteiger partial charge in [-0.25, -0.2) is 0 Å². The van der Waals surface area contributed by atoms with Crippen molar-refractivity contribution in [3.05, 3.63) is 34.5 Å². The predicted molar refractivity (Wildman–Crippen MR) is 58.8 cm³/mol. The van der Waals surface area contributed by atoms with E-state index in [9.17, 15) is 0 Å². The summed E-state index contributed by atoms with van der Waals surface area (Å²) in [7, 11) is 1.62. The van der Waals surface area contributed by atoms with Crippen molar-refractivity contribution < 1.29 is 4.74 Å². The molecule has 1 aromatic carbocycles. The highest BCUT2D eigenvalue weighted by molar-refractivity contribution is 6.31. The van der Waals surface area contributed by atoms with Crippen molar-refractivity contribution in [3.63, 3.8) is 0 Å². The molecule has 0 unspecified atom stereocenters. The number of hydrogen-bond donors (Lipinski definition) is 1. The first-order chi connectivity index (χ1) is 7.24. The second kappa shape index (κ2) is 3.84. The lowest BCUT2D eigenvalue weighted by atomic mass is 10.0. The molecule has 0 bridgehead atoms. The van der Waals surface area contributed by atoms with Gasteiger partial charge in [0.2, 0.25) is 0 Å². The molecule has 2 rings (SSSR count). The second-order valence-electron chi connectivity index (χ2n) is 3.23. The largest absolute Gasteiger partial charge is 0.497 e. The van der Waals surface area contributed by atoms with E-state index in [4.69, 9.17) is 21.6 Å². The molecule has 0 radical (unpaired) electrons. The van der Waals surface area contributed by atoms with Gasteiger partial charge in [0.1, 0.15) is 10.9 Å². The first kappa shape index (κ1) is 9.88. The summed E-state index contributed by atoms with van der Waals surface area (Å²) in [6, 6.07) is 7.73. The zero-order valence-electron chi connectivity index (χ0n) is 8.17. The van der Waals surface area contributed by atoms with E-state index in [-0.39, 0.29) is 0 Å². The summed E-state index contributed by atoms with van der Waals surface area (Å²) in [5.74, 6) is 0.783. The highest BCUT2D eigenvalue weighted by Crippen LogP contribution is 2.31. The molecule has 3 nitrogen and oxygen atoms in total. The van der Waals surface area contributed by atoms with Gasteiger partial charge < -0.3 is 10.1 Å². The molecule has 0 aromatic heterocycles. The standard InChI is InChI=1S/C11H9ClN2O/c1-15-9-2-3-10-7(5-9)4-8(6-13)11(12)14-10/h2-3,5,14H,4H2,1H3. The van der Waals surface area contributed by atoms with E-state index in [1.54, 1.807) is 7.11 Å². The van der Waals surface area contributed by atoms with Crippen LogP contribution in [0.2, 0.25) is 0 Å². The van der Waals surface area contributed by atoms with Crippen LogP contribution in [0.4, 0.5) is 5.69 Å². The number of nitriles is 1. The Morgan fingerprint density at radius 2 is 2.33 bits per heavy atom. The number of hydrogen-bond acceptors (Lipinski definition) is 3. The lowest BCUT2D eigenvalue weighted by Gasteiger charge is -2.18. The van der Waals surface area contributed by atoms with Gasteiger partial charge in [-0.05, 0) is 23.8 Å². The maximum absolute atomic E-state index is 8.85. The van der Waals surface area contributed by atoms with E-state index in [1.807, 2.05) is 18.2 Å². The highest BCUT2D eigenvalue weighted by atomic mass is 35.5. The van der Waals surface area contributed by atoms with E-state index >= 15 is 0 Å². The van der Waals surface area contributed by atoms with Crippen LogP contribution >= 0.6 is 11.6 Å². The molecular formula is C11H9ClN2O. The van der Waals surface area contributed by atoms with Crippen LogP contribution in [0.5, 0.6) is 5.75 Å². The molecule has 1 aromatic rings. The third-order valence-corrected chi connectivity index (χ3v) is 2.65. The summed E-state index contributed by atoms with van der Waals surface area (Å²) < 4.78 is 5.12. The van der Waals surface area contributed by atoms with E-state index < -0.39 is 0 Å². The van der Waals surface area contributed by atoms with Crippen molar-refractivity contribution in [1.29, 1.82) is 5.26 Å². The minimum atomic E-state index is 0.412. The molecule has 0 fully saturated rings. The molecule has 0 saturated carbocycles. The zero-order valence-corrected chi connectivity index (χ0v) is 8.93. The topological polar surface area (TPSA) is 45.0 Å². The second-order valence-corrected chi connectivity index (χ2v) is 3.61. The van der Waals surface area contributed by atoms with Crippen LogP contribution in [-0.4, -0.2) is 7.11 Å². The number of fused-ring (bicyclic) bond motifs is 1. The Morgan fingerprint density at radius 1 is 1.53 bits per heavy atom. The van der Waals surface area contributed by atoms with Crippen LogP contribution in [0.25, 0.3) is 0 Å². The van der Waals surface area contributed by atoms with E-state index in [2.05, 4.69) is 11.4 Å². The number of nitrogens with zero attached hydrogens (tertiary/aromatic N) is 1. The summed E-state index contributed by atoms with van der Waals surface area (Å²) >= 11 is 5.90. The molecule has 76 valence electrons. The van der Waals surface area contributed by atoms with Gasteiger partial charge in [0.05, 0.1) is 18.8 Å². The number of allylic oxidation sites excluding steroid dienone is 1. The van der Waals surface area contributed by atoms with Crippen molar-refractivity contribution in [2.45, 2.75) is 6.42 Å². The van der Waals surface area contributed by atoms with Crippen molar-refractivity contribution in [2.24, 2.45) is 0 Å². The summed E-state index contributed by atoms with van der Waals surface area (Å²) in [4.78, 5) is 0. The molecule has 1 aliphatic heterocycles. The van der Waals surface area contributed by atoms with Gasteiger partial charge in [-0.15, -0.1) is 0 Å². The minimum absolute atomic E-state index is 0.412. The summed E-state index contributed by atoms with van der Waals surface area (Å²) in [6.45, 7) is 0. The van der Waals surface area contributed by atoms with Gasteiger partial charge >= 0.3 is 0 Å². The van der Waals surface area contributed by atoms with Crippen LogP contribution < -0.4 is 10.1 Å². The average Bonchev–Trinajstić information content (AvgIpc) is 2.27. The number of nitrogens with one attached hydrogen (secondary N) is 1. The average molecular weight is 221 g/mol. The first-order valence-corrected chi connectivity index (χ1v) is 4.85. The first-order valence-electron chi connectivity index (χ1n) is 4.47. The van der Waals surface area contributed by atoms with Crippen LogP contribution in [-0.2, 0) is 6.42 Å². The molecule has 0 spiro atoms. The SMILES string of the molecule is COc1ccc2c(c1)CC(C#N)=C(Cl)N2. The fourth-order valence-corrected chi connectivity index (χ4v) is 1.73. The van der Waals surface area contributed by atoms with Crippen molar-refractivity contribution in [2.75, 3.05) is 12.4 Å². The molecule has 1 N–H and O–H groups in total. The van der Waals surface area contributed by atoms with Crippen molar-refractivity contribution in [1.82, 2.24) is 0 Å². The number of methoxy groups -OCH3 is 1. The maximum atomic E-state index is 8.85. The quantitative estimate of drug-likeness (QED) is 0.740. The number of ether oxygens (including phenoxy) is 1. The van der Waals surface area contributed by atoms with Crippen molar-refractivity contribution in [3.8, 4) is 11.8 Å². The Balaban J connectivity index is 2.41. The van der Waals surface area contributed by atoms with Gasteiger partial charge in [-0.3, -0.25) is 0 Å². The van der Waals surface area contributed by atoms with Crippen molar-refractivity contribution >= 4 is 17.3 Å². The van der Waals surface area contributed by atoms with Crippen LogP contribution in [0, 0.1) is 11.3 Å². The van der Waals surface area contributed by atoms with Crippen LogP contribution in [0.1, 0.15) is 5.56 Å². The number of rotatable bonds is 1. The Kier molecular flexibility index (Phi) is 2.53. The van der Waals surface area contributed by atoms with Crippen LogP contribution in [0.3, 0.4) is 0 Å². The third-order valence-electron chi connectivity index (χ3n) is 2.32. The molecule has 15 heavy (non-hydrogen) atoms. The van der Waals surface area contributed by atoms with Gasteiger partial charge in [0.15, 0.2) is 0 Å². The molecule has 1 heterocycles. The monoisotopic (exact) mass is 220 g/mol. The van der Waals surface area contributed by atoms with Gasteiger partial charge in [0, 0.05) is 12.1 Å². The summed E-state index contributed by atoms with van der Waals surface area (Å²) in [5.41, 5.74) is 2.51. The van der Waals surface area contributed by atoms with E-state index in [1.165, 1.54) is 0 Å². The Morgan fingerprint density at radius 3 is 3.00 bits per heavy atom. The Hall–Kier alpha value is -1.66. The molecule has 0 amide bonds. The Labute approximate surface area is 92.9 Å². The van der Waals surface area contributed by atoms with E-state index in [0.29, 0.717) is 17.2 Å². The number of anilines is 1. The molecule has 0 saturated heterocycles. The Bertz CT molecular complexity index is 474. The summed E-state index contributed by atoms with van der Waals surface area (Å²) in [6.07, 6.45) is 0.550. The fraction of sp³-hybridized carbons (Fsp3) is 0.182. The normalized spacial score (nSPS) is 13.9. The number of halogens is 1. The smallest absolute Gasteiger partial charge is 0.120 e. The summed E-state index contributed by atoms with van der Waals surface area (Å²) in [5, 5.41) is 12.2. The van der Waals surface area contributed by atoms with E-state index in [0.717, 1.165) is 17.0 Å². The third kappa shape index (κ3) is 1.77. The van der Waals surface area contributed by atoms with Gasteiger partial charge in [0.25, 0.3) is 0 Å². The maximum Gasteiger partial charge on any atom is 0.120 e. The minimum Gasteiger partial charge on any atom is -0.497 e. The molecule has 4 heteroatoms. The predicted octanol–water partition coefficient (Wildman–Crippen LogP) is 2.64. The molecule has 1 aliphatic rings. The van der Waals surface area contributed by atoms with Gasteiger partial charge in [-0.2, -0.15) is 5.26 Å².